The van der Waals surface area contributed by atoms with Gasteiger partial charge >= 0.3 is 0 Å². The Labute approximate surface area is 158 Å². The van der Waals surface area contributed by atoms with Crippen LogP contribution in [0.3, 0.4) is 0 Å². The van der Waals surface area contributed by atoms with Gasteiger partial charge in [0.05, 0.1) is 12.7 Å². The van der Waals surface area contributed by atoms with Crippen molar-refractivity contribution >= 4 is 29.9 Å². The van der Waals surface area contributed by atoms with Gasteiger partial charge in [0.2, 0.25) is 0 Å². The second-order valence-corrected chi connectivity index (χ2v) is 5.53. The third kappa shape index (κ3) is 6.69. The van der Waals surface area contributed by atoms with E-state index in [1.165, 1.54) is 12.3 Å². The van der Waals surface area contributed by atoms with Crippen LogP contribution in [0.25, 0.3) is 0 Å². The second-order valence-electron chi connectivity index (χ2n) is 5.53. The van der Waals surface area contributed by atoms with Crippen LogP contribution in [0.5, 0.6) is 11.5 Å². The topological polar surface area (TPSA) is 72.5 Å². The minimum absolute atomic E-state index is 0. The van der Waals surface area contributed by atoms with Crippen LogP contribution in [0.4, 0.5) is 4.39 Å². The molecule has 0 atom stereocenters. The SMILES string of the molecule is CC(C)CNC(N)=NCc1ccc(Oc2cccnc2)c(F)c1.I. The van der Waals surface area contributed by atoms with Crippen molar-refractivity contribution in [1.82, 2.24) is 10.3 Å². The van der Waals surface area contributed by atoms with Crippen LogP contribution >= 0.6 is 24.0 Å². The molecule has 7 heteroatoms. The Morgan fingerprint density at radius 3 is 2.79 bits per heavy atom. The Morgan fingerprint density at radius 1 is 1.38 bits per heavy atom. The predicted octanol–water partition coefficient (Wildman–Crippen LogP) is 3.69. The van der Waals surface area contributed by atoms with Crippen LogP contribution in [-0.4, -0.2) is 17.5 Å². The smallest absolute Gasteiger partial charge is 0.188 e. The molecule has 0 bridgehead atoms. The van der Waals surface area contributed by atoms with E-state index in [9.17, 15) is 4.39 Å². The molecule has 0 unspecified atom stereocenters. The second kappa shape index (κ2) is 10.1. The zero-order valence-corrected chi connectivity index (χ0v) is 16.0. The molecule has 0 aliphatic rings. The summed E-state index contributed by atoms with van der Waals surface area (Å²) in [5.74, 6) is 1.02. The van der Waals surface area contributed by atoms with Gasteiger partial charge in [-0.25, -0.2) is 9.38 Å². The zero-order chi connectivity index (χ0) is 16.7. The number of rotatable bonds is 6. The Hall–Kier alpha value is -1.90. The van der Waals surface area contributed by atoms with Crippen molar-refractivity contribution < 1.29 is 9.13 Å². The van der Waals surface area contributed by atoms with Gasteiger partial charge in [-0.15, -0.1) is 24.0 Å². The largest absolute Gasteiger partial charge is 0.453 e. The maximum absolute atomic E-state index is 14.1. The van der Waals surface area contributed by atoms with Gasteiger partial charge in [0.25, 0.3) is 0 Å². The van der Waals surface area contributed by atoms with Gasteiger partial charge in [-0.2, -0.15) is 0 Å². The summed E-state index contributed by atoms with van der Waals surface area (Å²) in [6, 6.07) is 8.17. The Morgan fingerprint density at radius 2 is 2.17 bits per heavy atom. The molecule has 0 fully saturated rings. The lowest BCUT2D eigenvalue weighted by Gasteiger charge is -2.09. The number of hydrogen-bond acceptors (Lipinski definition) is 3. The highest BCUT2D eigenvalue weighted by Crippen LogP contribution is 2.24. The van der Waals surface area contributed by atoms with E-state index in [0.717, 1.165) is 12.1 Å². The molecule has 2 rings (SSSR count). The van der Waals surface area contributed by atoms with Crippen molar-refractivity contribution in [2.24, 2.45) is 16.6 Å². The monoisotopic (exact) mass is 444 g/mol. The van der Waals surface area contributed by atoms with E-state index in [2.05, 4.69) is 29.1 Å². The highest BCUT2D eigenvalue weighted by molar-refractivity contribution is 14.0. The minimum atomic E-state index is -0.449. The molecule has 0 amide bonds. The van der Waals surface area contributed by atoms with Crippen molar-refractivity contribution in [2.75, 3.05) is 6.54 Å². The third-order valence-corrected chi connectivity index (χ3v) is 2.98. The molecule has 24 heavy (non-hydrogen) atoms. The lowest BCUT2D eigenvalue weighted by molar-refractivity contribution is 0.440. The molecule has 1 aromatic heterocycles. The van der Waals surface area contributed by atoms with Crippen molar-refractivity contribution in [3.63, 3.8) is 0 Å². The lowest BCUT2D eigenvalue weighted by Crippen LogP contribution is -2.34. The zero-order valence-electron chi connectivity index (χ0n) is 13.7. The van der Waals surface area contributed by atoms with E-state index in [1.807, 2.05) is 0 Å². The number of nitrogens with two attached hydrogens (primary N) is 1. The molecule has 0 spiro atoms. The van der Waals surface area contributed by atoms with Crippen LogP contribution in [-0.2, 0) is 6.54 Å². The third-order valence-electron chi connectivity index (χ3n) is 2.98. The van der Waals surface area contributed by atoms with Gasteiger partial charge in [0, 0.05) is 12.7 Å². The summed E-state index contributed by atoms with van der Waals surface area (Å²) in [7, 11) is 0. The molecule has 0 radical (unpaired) electrons. The number of benzene rings is 1. The first-order chi connectivity index (χ1) is 11.0. The highest BCUT2D eigenvalue weighted by Gasteiger charge is 2.06. The van der Waals surface area contributed by atoms with Crippen LogP contribution in [0, 0.1) is 11.7 Å². The van der Waals surface area contributed by atoms with Crippen molar-refractivity contribution in [1.29, 1.82) is 0 Å². The summed E-state index contributed by atoms with van der Waals surface area (Å²) in [4.78, 5) is 8.11. The molecule has 5 nitrogen and oxygen atoms in total. The van der Waals surface area contributed by atoms with Crippen LogP contribution in [0.1, 0.15) is 19.4 Å². The average Bonchev–Trinajstić information content (AvgIpc) is 2.54. The van der Waals surface area contributed by atoms with Gasteiger partial charge in [0.1, 0.15) is 5.75 Å². The van der Waals surface area contributed by atoms with Crippen LogP contribution in [0.15, 0.2) is 47.7 Å². The summed E-state index contributed by atoms with van der Waals surface area (Å²) in [6.45, 7) is 5.22. The normalized spacial score (nSPS) is 11.1. The van der Waals surface area contributed by atoms with E-state index >= 15 is 0 Å². The Bertz CT molecular complexity index is 665. The van der Waals surface area contributed by atoms with Crippen LogP contribution in [0.2, 0.25) is 0 Å². The molecule has 130 valence electrons. The van der Waals surface area contributed by atoms with Crippen LogP contribution < -0.4 is 15.8 Å². The molecule has 0 saturated carbocycles. The van der Waals surface area contributed by atoms with E-state index in [1.54, 1.807) is 30.5 Å². The molecule has 0 aliphatic carbocycles. The maximum atomic E-state index is 14.1. The molecule has 1 aromatic carbocycles. The number of halogens is 2. The summed E-state index contributed by atoms with van der Waals surface area (Å²) in [6.07, 6.45) is 3.15. The summed E-state index contributed by atoms with van der Waals surface area (Å²) in [5.41, 5.74) is 6.47. The summed E-state index contributed by atoms with van der Waals surface area (Å²) < 4.78 is 19.5. The summed E-state index contributed by atoms with van der Waals surface area (Å²) >= 11 is 0. The number of ether oxygens (including phenoxy) is 1. The fraction of sp³-hybridized carbons (Fsp3) is 0.294. The molecule has 0 saturated heterocycles. The van der Waals surface area contributed by atoms with Gasteiger partial charge in [-0.3, -0.25) is 4.98 Å². The number of aromatic nitrogens is 1. The van der Waals surface area contributed by atoms with Crippen molar-refractivity contribution in [3.8, 4) is 11.5 Å². The molecule has 0 aliphatic heterocycles. The molecule has 2 aromatic rings. The van der Waals surface area contributed by atoms with E-state index in [0.29, 0.717) is 24.2 Å². The standard InChI is InChI=1S/C17H21FN4O.HI/c1-12(2)9-21-17(19)22-10-13-5-6-16(15(18)8-13)23-14-4-3-7-20-11-14;/h3-8,11-12H,9-10H2,1-2H3,(H3,19,21,22);1H. The first-order valence-electron chi connectivity index (χ1n) is 7.44. The number of guanidine groups is 1. The van der Waals surface area contributed by atoms with Crippen molar-refractivity contribution in [2.45, 2.75) is 20.4 Å². The minimum Gasteiger partial charge on any atom is -0.453 e. The first kappa shape index (κ1) is 20.1. The van der Waals surface area contributed by atoms with E-state index in [4.69, 9.17) is 10.5 Å². The number of nitrogens with one attached hydrogen (secondary N) is 1. The number of aliphatic imine (C=N–C) groups is 1. The average molecular weight is 444 g/mol. The Kier molecular flexibility index (Phi) is 8.45. The van der Waals surface area contributed by atoms with E-state index < -0.39 is 5.82 Å². The maximum Gasteiger partial charge on any atom is 0.188 e. The highest BCUT2D eigenvalue weighted by atomic mass is 127. The number of hydrogen-bond donors (Lipinski definition) is 2. The van der Waals surface area contributed by atoms with Crippen molar-refractivity contribution in [3.05, 3.63) is 54.1 Å². The molecule has 3 N–H and O–H groups in total. The van der Waals surface area contributed by atoms with Gasteiger partial charge in [-0.05, 0) is 35.7 Å². The molecular weight excluding hydrogens is 422 g/mol. The lowest BCUT2D eigenvalue weighted by atomic mass is 10.2. The van der Waals surface area contributed by atoms with Gasteiger partial charge in [-0.1, -0.05) is 19.9 Å². The molecular formula is C17H22FIN4O. The predicted molar refractivity (Wildman–Crippen MR) is 104 cm³/mol. The quantitative estimate of drug-likeness (QED) is 0.405. The first-order valence-corrected chi connectivity index (χ1v) is 7.44. The van der Waals surface area contributed by atoms with Gasteiger partial charge in [0.15, 0.2) is 17.5 Å². The number of nitrogens with zero attached hydrogens (tertiary/aromatic N) is 2. The molecule has 1 heterocycles. The number of pyridine rings is 1. The Balaban J connectivity index is 0.00000288. The van der Waals surface area contributed by atoms with E-state index in [-0.39, 0.29) is 29.7 Å². The fourth-order valence-electron chi connectivity index (χ4n) is 1.80. The summed E-state index contributed by atoms with van der Waals surface area (Å²) in [5, 5.41) is 3.01. The van der Waals surface area contributed by atoms with Gasteiger partial charge < -0.3 is 15.8 Å². The fourth-order valence-corrected chi connectivity index (χ4v) is 1.80.